The molecule has 0 amide bonds. The Morgan fingerprint density at radius 2 is 1.81 bits per heavy atom. The molecule has 0 atom stereocenters. The number of hydrogen-bond donors (Lipinski definition) is 2. The first-order chi connectivity index (χ1) is 12.5. The molecule has 6 heteroatoms. The molecule has 0 aliphatic carbocycles. The highest BCUT2D eigenvalue weighted by Gasteiger charge is 2.17. The van der Waals surface area contributed by atoms with Crippen molar-refractivity contribution in [2.24, 2.45) is 0 Å². The van der Waals surface area contributed by atoms with Crippen LogP contribution in [0.4, 0.5) is 11.5 Å². The number of rotatable bonds is 3. The van der Waals surface area contributed by atoms with Gasteiger partial charge in [-0.05, 0) is 49.2 Å². The van der Waals surface area contributed by atoms with E-state index in [1.54, 1.807) is 23.7 Å². The second-order valence-electron chi connectivity index (χ2n) is 6.09. The van der Waals surface area contributed by atoms with Crippen LogP contribution in [0.2, 0.25) is 0 Å². The second kappa shape index (κ2) is 6.70. The molecular formula is C20H16BrN3OS. The van der Waals surface area contributed by atoms with E-state index in [0.717, 1.165) is 31.4 Å². The molecule has 0 aliphatic rings. The van der Waals surface area contributed by atoms with Gasteiger partial charge in [0, 0.05) is 14.9 Å². The van der Waals surface area contributed by atoms with Gasteiger partial charge in [0.2, 0.25) is 0 Å². The van der Waals surface area contributed by atoms with Crippen molar-refractivity contribution in [3.05, 3.63) is 63.7 Å². The summed E-state index contributed by atoms with van der Waals surface area (Å²) in [5, 5.41) is 14.5. The Hall–Kier alpha value is -2.44. The average Bonchev–Trinajstić information content (AvgIpc) is 2.95. The van der Waals surface area contributed by atoms with Crippen molar-refractivity contribution in [2.75, 3.05) is 5.32 Å². The van der Waals surface area contributed by atoms with Crippen LogP contribution in [0.1, 0.15) is 10.4 Å². The van der Waals surface area contributed by atoms with E-state index in [-0.39, 0.29) is 5.75 Å². The lowest BCUT2D eigenvalue weighted by molar-refractivity contribution is 0.477. The van der Waals surface area contributed by atoms with E-state index in [9.17, 15) is 5.11 Å². The summed E-state index contributed by atoms with van der Waals surface area (Å²) in [6.45, 7) is 4.04. The van der Waals surface area contributed by atoms with Crippen LogP contribution in [-0.2, 0) is 0 Å². The van der Waals surface area contributed by atoms with Crippen molar-refractivity contribution in [2.45, 2.75) is 13.8 Å². The quantitative estimate of drug-likeness (QED) is 0.384. The lowest BCUT2D eigenvalue weighted by Crippen LogP contribution is -1.96. The van der Waals surface area contributed by atoms with Gasteiger partial charge >= 0.3 is 0 Å². The molecule has 0 unspecified atom stereocenters. The van der Waals surface area contributed by atoms with E-state index < -0.39 is 0 Å². The summed E-state index contributed by atoms with van der Waals surface area (Å²) in [5.41, 5.74) is 3.86. The Kier molecular flexibility index (Phi) is 4.38. The van der Waals surface area contributed by atoms with Gasteiger partial charge in [0.05, 0.1) is 11.1 Å². The minimum absolute atomic E-state index is 0.203. The van der Waals surface area contributed by atoms with E-state index in [2.05, 4.69) is 50.3 Å². The van der Waals surface area contributed by atoms with Crippen molar-refractivity contribution >= 4 is 49.0 Å². The number of aryl methyl sites for hydroxylation is 2. The third kappa shape index (κ3) is 3.06. The van der Waals surface area contributed by atoms with Crippen molar-refractivity contribution in [1.82, 2.24) is 9.97 Å². The first-order valence-electron chi connectivity index (χ1n) is 8.09. The van der Waals surface area contributed by atoms with Crippen LogP contribution in [0.15, 0.2) is 53.3 Å². The Balaban J connectivity index is 1.89. The van der Waals surface area contributed by atoms with Crippen LogP contribution in [0.25, 0.3) is 21.3 Å². The van der Waals surface area contributed by atoms with Crippen LogP contribution in [-0.4, -0.2) is 15.1 Å². The van der Waals surface area contributed by atoms with Crippen molar-refractivity contribution in [3.8, 4) is 16.9 Å². The maximum atomic E-state index is 10.2. The molecule has 0 aliphatic heterocycles. The summed E-state index contributed by atoms with van der Waals surface area (Å²) >= 11 is 5.13. The van der Waals surface area contributed by atoms with Gasteiger partial charge in [-0.1, -0.05) is 34.1 Å². The molecule has 130 valence electrons. The molecule has 0 spiro atoms. The highest BCUT2D eigenvalue weighted by Crippen LogP contribution is 2.41. The minimum Gasteiger partial charge on any atom is -0.506 e. The summed E-state index contributed by atoms with van der Waals surface area (Å²) < 4.78 is 1.04. The molecule has 0 fully saturated rings. The van der Waals surface area contributed by atoms with Crippen LogP contribution < -0.4 is 5.32 Å². The number of thiophene rings is 1. The zero-order valence-electron chi connectivity index (χ0n) is 14.2. The SMILES string of the molecule is Cc1ccc(Nc2ncnc3sc(C)c(-c4ccc(Br)cc4)c23)c(O)c1. The van der Waals surface area contributed by atoms with E-state index in [1.165, 1.54) is 4.88 Å². The van der Waals surface area contributed by atoms with Gasteiger partial charge in [-0.2, -0.15) is 0 Å². The molecular weight excluding hydrogens is 410 g/mol. The Morgan fingerprint density at radius 3 is 2.54 bits per heavy atom. The van der Waals surface area contributed by atoms with E-state index in [4.69, 9.17) is 0 Å². The molecule has 4 nitrogen and oxygen atoms in total. The monoisotopic (exact) mass is 425 g/mol. The number of nitrogens with zero attached hydrogens (tertiary/aromatic N) is 2. The normalized spacial score (nSPS) is 11.0. The van der Waals surface area contributed by atoms with Gasteiger partial charge in [0.15, 0.2) is 0 Å². The first kappa shape index (κ1) is 17.0. The summed E-state index contributed by atoms with van der Waals surface area (Å²) in [4.78, 5) is 11.0. The standard InChI is InChI=1S/C20H16BrN3OS/c1-11-3-8-15(16(25)9-11)24-19-18-17(13-4-6-14(21)7-5-13)12(2)26-20(18)23-10-22-19/h3-10,25H,1-2H3,(H,22,23,24). The molecule has 4 aromatic rings. The molecule has 2 aromatic carbocycles. The molecule has 0 saturated heterocycles. The van der Waals surface area contributed by atoms with Crippen LogP contribution >= 0.6 is 27.3 Å². The first-order valence-corrected chi connectivity index (χ1v) is 9.70. The molecule has 2 heterocycles. The van der Waals surface area contributed by atoms with Crippen LogP contribution in [0.5, 0.6) is 5.75 Å². The molecule has 26 heavy (non-hydrogen) atoms. The number of benzene rings is 2. The molecule has 0 saturated carbocycles. The predicted molar refractivity (Wildman–Crippen MR) is 111 cm³/mol. The number of halogens is 1. The summed E-state index contributed by atoms with van der Waals surface area (Å²) in [6.07, 6.45) is 1.55. The number of aromatic nitrogens is 2. The maximum Gasteiger partial charge on any atom is 0.143 e. The molecule has 0 bridgehead atoms. The Labute approximate surface area is 163 Å². The predicted octanol–water partition coefficient (Wildman–Crippen LogP) is 6.19. The van der Waals surface area contributed by atoms with E-state index in [0.29, 0.717) is 11.5 Å². The fourth-order valence-corrected chi connectivity index (χ4v) is 4.26. The summed E-state index contributed by atoms with van der Waals surface area (Å²) in [5.74, 6) is 0.894. The second-order valence-corrected chi connectivity index (χ2v) is 8.21. The lowest BCUT2D eigenvalue weighted by Gasteiger charge is -2.11. The largest absolute Gasteiger partial charge is 0.506 e. The van der Waals surface area contributed by atoms with Gasteiger partial charge in [-0.3, -0.25) is 0 Å². The number of aromatic hydroxyl groups is 1. The van der Waals surface area contributed by atoms with E-state index in [1.807, 2.05) is 31.2 Å². The molecule has 2 aromatic heterocycles. The van der Waals surface area contributed by atoms with Crippen LogP contribution in [0, 0.1) is 13.8 Å². The number of phenolic OH excluding ortho intramolecular Hbond substituents is 1. The number of nitrogens with one attached hydrogen (secondary N) is 1. The van der Waals surface area contributed by atoms with Crippen molar-refractivity contribution in [3.63, 3.8) is 0 Å². The molecule has 2 N–H and O–H groups in total. The zero-order valence-corrected chi connectivity index (χ0v) is 16.6. The Morgan fingerprint density at radius 1 is 1.04 bits per heavy atom. The number of hydrogen-bond acceptors (Lipinski definition) is 5. The number of anilines is 2. The van der Waals surface area contributed by atoms with Gasteiger partial charge in [-0.25, -0.2) is 9.97 Å². The van der Waals surface area contributed by atoms with Crippen molar-refractivity contribution < 1.29 is 5.11 Å². The third-order valence-corrected chi connectivity index (χ3v) is 5.75. The minimum atomic E-state index is 0.203. The third-order valence-electron chi connectivity index (χ3n) is 4.20. The number of phenols is 1. The molecule has 4 rings (SSSR count). The number of fused-ring (bicyclic) bond motifs is 1. The highest BCUT2D eigenvalue weighted by atomic mass is 79.9. The van der Waals surface area contributed by atoms with Gasteiger partial charge in [0.1, 0.15) is 22.7 Å². The van der Waals surface area contributed by atoms with Crippen LogP contribution in [0.3, 0.4) is 0 Å². The zero-order chi connectivity index (χ0) is 18.3. The van der Waals surface area contributed by atoms with Crippen molar-refractivity contribution in [1.29, 1.82) is 0 Å². The summed E-state index contributed by atoms with van der Waals surface area (Å²) in [6, 6.07) is 13.8. The average molecular weight is 426 g/mol. The lowest BCUT2D eigenvalue weighted by atomic mass is 10.0. The van der Waals surface area contributed by atoms with Gasteiger partial charge < -0.3 is 10.4 Å². The Bertz CT molecular complexity index is 1110. The van der Waals surface area contributed by atoms with E-state index >= 15 is 0 Å². The highest BCUT2D eigenvalue weighted by molar-refractivity contribution is 9.10. The van der Waals surface area contributed by atoms with Gasteiger partial charge in [-0.15, -0.1) is 11.3 Å². The topological polar surface area (TPSA) is 58.0 Å². The summed E-state index contributed by atoms with van der Waals surface area (Å²) in [7, 11) is 0. The van der Waals surface area contributed by atoms with Gasteiger partial charge in [0.25, 0.3) is 0 Å². The molecule has 0 radical (unpaired) electrons. The smallest absolute Gasteiger partial charge is 0.143 e. The maximum absolute atomic E-state index is 10.2. The fourth-order valence-electron chi connectivity index (χ4n) is 2.98. The fraction of sp³-hybridized carbons (Fsp3) is 0.100.